The van der Waals surface area contributed by atoms with Gasteiger partial charge < -0.3 is 31.9 Å². The number of hydrogen-bond acceptors (Lipinski definition) is 7. The van der Waals surface area contributed by atoms with E-state index in [0.29, 0.717) is 0 Å². The molecule has 0 saturated heterocycles. The number of nitrogens with one attached hydrogen (secondary N) is 3. The van der Waals surface area contributed by atoms with Crippen molar-refractivity contribution >= 4 is 42.3 Å². The van der Waals surface area contributed by atoms with Gasteiger partial charge in [0.1, 0.15) is 12.1 Å². The summed E-state index contributed by atoms with van der Waals surface area (Å²) >= 11 is 3.85. The van der Waals surface area contributed by atoms with Crippen molar-refractivity contribution < 1.29 is 34.2 Å². The lowest BCUT2D eigenvalue weighted by atomic mass is 10.0. The number of amides is 3. The molecule has 0 spiro atoms. The Labute approximate surface area is 161 Å². The van der Waals surface area contributed by atoms with Gasteiger partial charge in [0.05, 0.1) is 12.6 Å². The van der Waals surface area contributed by atoms with E-state index in [1.807, 2.05) is 0 Å². The predicted octanol–water partition coefficient (Wildman–Crippen LogP) is -2.07. The molecule has 12 heteroatoms. The Kier molecular flexibility index (Phi) is 11.1. The molecule has 0 saturated carbocycles. The summed E-state index contributed by atoms with van der Waals surface area (Å²) in [4.78, 5) is 57.7. The zero-order valence-corrected chi connectivity index (χ0v) is 16.0. The van der Waals surface area contributed by atoms with E-state index in [1.54, 1.807) is 13.8 Å². The van der Waals surface area contributed by atoms with E-state index >= 15 is 0 Å². The Morgan fingerprint density at radius 1 is 1.04 bits per heavy atom. The summed E-state index contributed by atoms with van der Waals surface area (Å²) in [7, 11) is 0. The van der Waals surface area contributed by atoms with Gasteiger partial charge in [-0.25, -0.2) is 4.79 Å². The molecule has 27 heavy (non-hydrogen) atoms. The summed E-state index contributed by atoms with van der Waals surface area (Å²) in [5.41, 5.74) is 5.44. The molecule has 3 amide bonds. The Morgan fingerprint density at radius 2 is 1.63 bits per heavy atom. The van der Waals surface area contributed by atoms with Gasteiger partial charge >= 0.3 is 11.9 Å². The van der Waals surface area contributed by atoms with Gasteiger partial charge in [0.15, 0.2) is 0 Å². The fourth-order valence-corrected chi connectivity index (χ4v) is 2.10. The third-order valence-electron chi connectivity index (χ3n) is 3.49. The van der Waals surface area contributed by atoms with E-state index in [-0.39, 0.29) is 12.2 Å². The summed E-state index contributed by atoms with van der Waals surface area (Å²) in [6.07, 6.45) is -0.671. The SMILES string of the molecule is CC(C)C(NC(=O)C(CCC(=O)O)NC(=O)CNC(=O)C(N)CS)C(=O)O. The van der Waals surface area contributed by atoms with Gasteiger partial charge in [-0.2, -0.15) is 12.6 Å². The van der Waals surface area contributed by atoms with E-state index in [2.05, 4.69) is 28.6 Å². The number of nitrogens with two attached hydrogens (primary N) is 1. The van der Waals surface area contributed by atoms with Crippen molar-refractivity contribution in [2.24, 2.45) is 11.7 Å². The zero-order chi connectivity index (χ0) is 21.1. The number of carboxylic acid groups (broad SMARTS) is 2. The van der Waals surface area contributed by atoms with Crippen LogP contribution in [0.15, 0.2) is 0 Å². The highest BCUT2D eigenvalue weighted by Gasteiger charge is 2.28. The van der Waals surface area contributed by atoms with Crippen molar-refractivity contribution in [2.45, 2.75) is 44.8 Å². The van der Waals surface area contributed by atoms with Gasteiger partial charge in [0.2, 0.25) is 17.7 Å². The molecule has 11 nitrogen and oxygen atoms in total. The quantitative estimate of drug-likeness (QED) is 0.180. The molecule has 0 aromatic carbocycles. The minimum Gasteiger partial charge on any atom is -0.481 e. The Balaban J connectivity index is 4.95. The Morgan fingerprint density at radius 3 is 2.07 bits per heavy atom. The van der Waals surface area contributed by atoms with Gasteiger partial charge in [0.25, 0.3) is 0 Å². The van der Waals surface area contributed by atoms with Crippen molar-refractivity contribution in [3.05, 3.63) is 0 Å². The molecule has 0 heterocycles. The van der Waals surface area contributed by atoms with Crippen molar-refractivity contribution in [1.82, 2.24) is 16.0 Å². The van der Waals surface area contributed by atoms with Crippen LogP contribution in [0.25, 0.3) is 0 Å². The molecule has 0 bridgehead atoms. The maximum atomic E-state index is 12.3. The van der Waals surface area contributed by atoms with Crippen LogP contribution in [0.2, 0.25) is 0 Å². The number of carbonyl (C=O) groups excluding carboxylic acids is 3. The standard InChI is InChI=1S/C15H26N4O7S/c1-7(2)12(15(25)26)19-14(24)9(3-4-11(21)22)18-10(20)5-17-13(23)8(16)6-27/h7-9,12,27H,3-6,16H2,1-2H3,(H,17,23)(H,18,20)(H,19,24)(H,21,22)(H,25,26). The van der Waals surface area contributed by atoms with Crippen molar-refractivity contribution in [3.63, 3.8) is 0 Å². The maximum Gasteiger partial charge on any atom is 0.326 e. The molecule has 0 radical (unpaired) electrons. The molecule has 0 aliphatic carbocycles. The fourth-order valence-electron chi connectivity index (χ4n) is 1.93. The maximum absolute atomic E-state index is 12.3. The number of hydrogen-bond donors (Lipinski definition) is 7. The lowest BCUT2D eigenvalue weighted by Gasteiger charge is -2.23. The summed E-state index contributed by atoms with van der Waals surface area (Å²) in [5, 5.41) is 24.7. The van der Waals surface area contributed by atoms with Crippen molar-refractivity contribution in [2.75, 3.05) is 12.3 Å². The van der Waals surface area contributed by atoms with Gasteiger partial charge in [-0.15, -0.1) is 0 Å². The molecule has 0 aromatic rings. The average molecular weight is 406 g/mol. The number of carbonyl (C=O) groups is 5. The summed E-state index contributed by atoms with van der Waals surface area (Å²) in [5.74, 6) is -4.99. The second-order valence-electron chi connectivity index (χ2n) is 6.13. The van der Waals surface area contributed by atoms with E-state index in [9.17, 15) is 24.0 Å². The van der Waals surface area contributed by atoms with Gasteiger partial charge in [-0.05, 0) is 12.3 Å². The van der Waals surface area contributed by atoms with Crippen molar-refractivity contribution in [3.8, 4) is 0 Å². The van der Waals surface area contributed by atoms with E-state index in [1.165, 1.54) is 0 Å². The van der Waals surface area contributed by atoms with Crippen LogP contribution >= 0.6 is 12.6 Å². The fraction of sp³-hybridized carbons (Fsp3) is 0.667. The third-order valence-corrected chi connectivity index (χ3v) is 3.88. The monoisotopic (exact) mass is 406 g/mol. The molecule has 0 aliphatic heterocycles. The highest BCUT2D eigenvalue weighted by Crippen LogP contribution is 2.05. The highest BCUT2D eigenvalue weighted by atomic mass is 32.1. The minimum atomic E-state index is -1.27. The van der Waals surface area contributed by atoms with Crippen LogP contribution in [0, 0.1) is 5.92 Å². The molecule has 3 unspecified atom stereocenters. The number of thiol groups is 1. The zero-order valence-electron chi connectivity index (χ0n) is 15.1. The molecule has 0 aromatic heterocycles. The topological polar surface area (TPSA) is 188 Å². The molecule has 7 N–H and O–H groups in total. The highest BCUT2D eigenvalue weighted by molar-refractivity contribution is 7.80. The van der Waals surface area contributed by atoms with Crippen LogP contribution in [0.5, 0.6) is 0 Å². The molecular weight excluding hydrogens is 380 g/mol. The lowest BCUT2D eigenvalue weighted by Crippen LogP contribution is -2.54. The van der Waals surface area contributed by atoms with Crippen LogP contribution in [-0.2, 0) is 24.0 Å². The Hall–Kier alpha value is -2.34. The second kappa shape index (κ2) is 12.1. The van der Waals surface area contributed by atoms with E-state index < -0.39 is 66.7 Å². The summed E-state index contributed by atoms with van der Waals surface area (Å²) in [6, 6.07) is -3.38. The number of rotatable bonds is 12. The van der Waals surface area contributed by atoms with Gasteiger partial charge in [0, 0.05) is 12.2 Å². The van der Waals surface area contributed by atoms with Crippen LogP contribution < -0.4 is 21.7 Å². The van der Waals surface area contributed by atoms with Crippen molar-refractivity contribution in [1.29, 1.82) is 0 Å². The number of aliphatic carboxylic acids is 2. The first-order valence-corrected chi connectivity index (χ1v) is 8.81. The first-order valence-electron chi connectivity index (χ1n) is 8.18. The molecule has 154 valence electrons. The van der Waals surface area contributed by atoms with E-state index in [0.717, 1.165) is 0 Å². The lowest BCUT2D eigenvalue weighted by molar-refractivity contribution is -0.144. The van der Waals surface area contributed by atoms with Crippen LogP contribution in [0.4, 0.5) is 0 Å². The minimum absolute atomic E-state index is 0.0723. The molecule has 0 fully saturated rings. The normalized spacial score (nSPS) is 14.0. The second-order valence-corrected chi connectivity index (χ2v) is 6.49. The van der Waals surface area contributed by atoms with Crippen LogP contribution in [0.3, 0.4) is 0 Å². The largest absolute Gasteiger partial charge is 0.481 e. The predicted molar refractivity (Wildman–Crippen MR) is 98.0 cm³/mol. The Bertz CT molecular complexity index is 570. The number of carboxylic acids is 2. The molecular formula is C15H26N4O7S. The molecule has 3 atom stereocenters. The first-order chi connectivity index (χ1) is 12.5. The summed E-state index contributed by atoms with van der Waals surface area (Å²) < 4.78 is 0. The molecule has 0 rings (SSSR count). The van der Waals surface area contributed by atoms with Crippen LogP contribution in [0.1, 0.15) is 26.7 Å². The summed E-state index contributed by atoms with van der Waals surface area (Å²) in [6.45, 7) is 2.69. The smallest absolute Gasteiger partial charge is 0.326 e. The average Bonchev–Trinajstić information content (AvgIpc) is 2.59. The van der Waals surface area contributed by atoms with Gasteiger partial charge in [-0.1, -0.05) is 13.8 Å². The van der Waals surface area contributed by atoms with Gasteiger partial charge in [-0.3, -0.25) is 19.2 Å². The van der Waals surface area contributed by atoms with Crippen LogP contribution in [-0.4, -0.2) is 70.3 Å². The molecule has 0 aliphatic rings. The van der Waals surface area contributed by atoms with E-state index in [4.69, 9.17) is 15.9 Å². The first kappa shape index (κ1) is 24.7. The third kappa shape index (κ3) is 9.80.